The number of hydrogen-bond acceptors (Lipinski definition) is 10. The van der Waals surface area contributed by atoms with Crippen molar-refractivity contribution in [2.24, 2.45) is 17.6 Å². The van der Waals surface area contributed by atoms with Crippen LogP contribution in [0.15, 0.2) is 58.9 Å². The van der Waals surface area contributed by atoms with E-state index in [1.165, 1.54) is 30.4 Å². The van der Waals surface area contributed by atoms with Gasteiger partial charge in [0, 0.05) is 32.6 Å². The Balaban J connectivity index is 1.56. The summed E-state index contributed by atoms with van der Waals surface area (Å²) in [4.78, 5) is 32.0. The van der Waals surface area contributed by atoms with Crippen molar-refractivity contribution in [1.82, 2.24) is 19.5 Å². The summed E-state index contributed by atoms with van der Waals surface area (Å²) in [6, 6.07) is 13.8. The van der Waals surface area contributed by atoms with E-state index in [0.29, 0.717) is 42.4 Å². The number of amides is 2. The number of nitrogens with two attached hydrogens (primary N) is 1. The second-order valence-corrected chi connectivity index (χ2v) is 15.6. The number of hydrogen-bond donors (Lipinski definition) is 2. The van der Waals surface area contributed by atoms with Crippen molar-refractivity contribution in [2.45, 2.75) is 37.8 Å². The number of fused-ring (bicyclic) bond motifs is 1. The fraction of sp³-hybridized carbons (Fsp3) is 0.464. The number of benzene rings is 2. The molecule has 4 rings (SSSR count). The van der Waals surface area contributed by atoms with Gasteiger partial charge in [0.2, 0.25) is 11.8 Å². The van der Waals surface area contributed by atoms with Gasteiger partial charge >= 0.3 is 0 Å². The molecule has 3 N–H and O–H groups in total. The van der Waals surface area contributed by atoms with Crippen molar-refractivity contribution < 1.29 is 26.4 Å². The molecule has 3 atom stereocenters. The van der Waals surface area contributed by atoms with Crippen LogP contribution in [0.2, 0.25) is 0 Å². The van der Waals surface area contributed by atoms with Crippen LogP contribution in [0.25, 0.3) is 10.2 Å². The molecular weight excluding hydrogens is 599 g/mol. The maximum Gasteiger partial charge on any atom is 0.267 e. The van der Waals surface area contributed by atoms with Crippen molar-refractivity contribution in [3.8, 4) is 0 Å². The van der Waals surface area contributed by atoms with Crippen molar-refractivity contribution in [1.29, 1.82) is 0 Å². The molecule has 42 heavy (non-hydrogen) atoms. The van der Waals surface area contributed by atoms with Gasteiger partial charge in [-0.25, -0.2) is 26.1 Å². The molecule has 0 bridgehead atoms. The number of rotatable bonds is 12. The van der Waals surface area contributed by atoms with Crippen molar-refractivity contribution >= 4 is 53.2 Å². The zero-order valence-corrected chi connectivity index (χ0v) is 26.1. The first kappa shape index (κ1) is 32.0. The maximum absolute atomic E-state index is 14.0. The Morgan fingerprint density at radius 3 is 2.45 bits per heavy atom. The highest BCUT2D eigenvalue weighted by atomic mass is 32.2. The molecule has 1 aliphatic heterocycles. The van der Waals surface area contributed by atoms with Crippen LogP contribution in [0, 0.1) is 11.8 Å². The van der Waals surface area contributed by atoms with Gasteiger partial charge in [-0.2, -0.15) is 0 Å². The third kappa shape index (κ3) is 7.72. The first-order valence-electron chi connectivity index (χ1n) is 13.8. The number of sulfone groups is 1. The van der Waals surface area contributed by atoms with Crippen LogP contribution in [0.4, 0.5) is 0 Å². The van der Waals surface area contributed by atoms with Crippen LogP contribution >= 0.6 is 11.3 Å². The topological polar surface area (TPSA) is 160 Å². The molecule has 11 nitrogen and oxygen atoms in total. The number of carbonyl (C=O) groups is 2. The summed E-state index contributed by atoms with van der Waals surface area (Å²) < 4.78 is 55.4. The van der Waals surface area contributed by atoms with Gasteiger partial charge in [0.1, 0.15) is 0 Å². The average Bonchev–Trinajstić information content (AvgIpc) is 3.45. The summed E-state index contributed by atoms with van der Waals surface area (Å²) in [5.41, 5.74) is 9.49. The lowest BCUT2D eigenvalue weighted by Gasteiger charge is -2.34. The summed E-state index contributed by atoms with van der Waals surface area (Å²) in [6.45, 7) is 5.43. The monoisotopic (exact) mass is 635 g/mol. The lowest BCUT2D eigenvalue weighted by Crippen LogP contribution is -2.55. The fourth-order valence-electron chi connectivity index (χ4n) is 4.94. The zero-order chi connectivity index (χ0) is 30.5. The van der Waals surface area contributed by atoms with Gasteiger partial charge in [0.15, 0.2) is 9.84 Å². The van der Waals surface area contributed by atoms with E-state index in [0.717, 1.165) is 10.3 Å². The molecule has 0 aliphatic carbocycles. The molecule has 3 aromatic rings. The Labute approximate surface area is 251 Å². The van der Waals surface area contributed by atoms with Crippen LogP contribution < -0.4 is 11.1 Å². The quantitative estimate of drug-likeness (QED) is 0.283. The first-order chi connectivity index (χ1) is 19.9. The molecule has 2 heterocycles. The highest BCUT2D eigenvalue weighted by Crippen LogP contribution is 2.28. The number of aromatic nitrogens is 1. The smallest absolute Gasteiger partial charge is 0.267 e. The van der Waals surface area contributed by atoms with Gasteiger partial charge < -0.3 is 16.0 Å². The lowest BCUT2D eigenvalue weighted by atomic mass is 9.98. The number of carbonyl (C=O) groups excluding carboxylic acids is 2. The summed E-state index contributed by atoms with van der Waals surface area (Å²) in [5.74, 6) is -3.95. The molecule has 228 valence electrons. The summed E-state index contributed by atoms with van der Waals surface area (Å²) in [5, 5.41) is 3.14. The summed E-state index contributed by atoms with van der Waals surface area (Å²) >= 11 is 1.35. The van der Waals surface area contributed by atoms with E-state index < -0.39 is 55.3 Å². The standard InChI is InChI=1S/C28H37N5O6S3/c1-20(16-22-6-4-3-5-7-22)27(29)33(42(38,39)23-8-9-25-24(17-23)31-19-40-25)28(35)21(2)18-41(36,37)15-10-26(34)32-13-11-30-12-14-32/h3-9,17,19-21,27,30H,10-16,18,29H2,1-2H3/t20-,21?,27-/m0/s1. The predicted molar refractivity (Wildman–Crippen MR) is 163 cm³/mol. The molecule has 0 spiro atoms. The highest BCUT2D eigenvalue weighted by Gasteiger charge is 2.40. The SMILES string of the molecule is CC(CS(=O)(=O)CCC(=O)N1CCNCC1)C(=O)N([C@H](N)[C@@H](C)Cc1ccccc1)S(=O)(=O)c1ccc2scnc2c1. The molecule has 2 aromatic carbocycles. The molecule has 1 unspecified atom stereocenters. The third-order valence-corrected chi connectivity index (χ3v) is 11.8. The molecule has 2 amide bonds. The third-order valence-electron chi connectivity index (χ3n) is 7.35. The van der Waals surface area contributed by atoms with E-state index in [4.69, 9.17) is 5.73 Å². The largest absolute Gasteiger partial charge is 0.340 e. The minimum Gasteiger partial charge on any atom is -0.340 e. The average molecular weight is 636 g/mol. The van der Waals surface area contributed by atoms with E-state index in [2.05, 4.69) is 10.3 Å². The van der Waals surface area contributed by atoms with Crippen LogP contribution in [-0.2, 0) is 35.9 Å². The van der Waals surface area contributed by atoms with Crippen LogP contribution in [0.5, 0.6) is 0 Å². The van der Waals surface area contributed by atoms with Crippen LogP contribution in [0.3, 0.4) is 0 Å². The Kier molecular flexibility index (Phi) is 10.4. The lowest BCUT2D eigenvalue weighted by molar-refractivity contribution is -0.132. The second kappa shape index (κ2) is 13.6. The number of thiazole rings is 1. The molecule has 0 saturated carbocycles. The van der Waals surface area contributed by atoms with Crippen molar-refractivity contribution in [3.05, 3.63) is 59.6 Å². The number of nitrogens with zero attached hydrogens (tertiary/aromatic N) is 3. The minimum atomic E-state index is -4.49. The Hall–Kier alpha value is -2.91. The molecule has 1 aliphatic rings. The zero-order valence-electron chi connectivity index (χ0n) is 23.7. The van der Waals surface area contributed by atoms with E-state index in [9.17, 15) is 26.4 Å². The summed E-state index contributed by atoms with van der Waals surface area (Å²) in [7, 11) is -8.36. The minimum absolute atomic E-state index is 0.159. The Morgan fingerprint density at radius 2 is 1.76 bits per heavy atom. The summed E-state index contributed by atoms with van der Waals surface area (Å²) in [6.07, 6.45) is -1.08. The predicted octanol–water partition coefficient (Wildman–Crippen LogP) is 1.85. The van der Waals surface area contributed by atoms with Crippen LogP contribution in [-0.4, -0.2) is 86.7 Å². The molecule has 1 fully saturated rings. The van der Waals surface area contributed by atoms with Crippen LogP contribution in [0.1, 0.15) is 25.8 Å². The van der Waals surface area contributed by atoms with Gasteiger partial charge in [-0.15, -0.1) is 11.3 Å². The molecule has 1 aromatic heterocycles. The van der Waals surface area contributed by atoms with E-state index in [1.54, 1.807) is 23.4 Å². The van der Waals surface area contributed by atoms with E-state index in [-0.39, 0.29) is 17.2 Å². The molecule has 14 heteroatoms. The number of sulfonamides is 1. The van der Waals surface area contributed by atoms with E-state index >= 15 is 0 Å². The van der Waals surface area contributed by atoms with Crippen molar-refractivity contribution in [2.75, 3.05) is 37.7 Å². The maximum atomic E-state index is 14.0. The Morgan fingerprint density at radius 1 is 1.07 bits per heavy atom. The second-order valence-electron chi connectivity index (χ2n) is 10.7. The Bertz CT molecular complexity index is 1600. The highest BCUT2D eigenvalue weighted by molar-refractivity contribution is 7.91. The molecular formula is C28H37N5O6S3. The number of nitrogens with one attached hydrogen (secondary N) is 1. The van der Waals surface area contributed by atoms with Gasteiger partial charge in [0.05, 0.1) is 44.2 Å². The van der Waals surface area contributed by atoms with Gasteiger partial charge in [-0.05, 0) is 36.1 Å². The van der Waals surface area contributed by atoms with Gasteiger partial charge in [0.25, 0.3) is 10.0 Å². The number of piperazine rings is 1. The van der Waals surface area contributed by atoms with E-state index in [1.807, 2.05) is 30.3 Å². The first-order valence-corrected chi connectivity index (χ1v) is 17.9. The normalized spacial score (nSPS) is 16.6. The molecule has 0 radical (unpaired) electrons. The van der Waals surface area contributed by atoms with Crippen molar-refractivity contribution in [3.63, 3.8) is 0 Å². The van der Waals surface area contributed by atoms with Gasteiger partial charge in [-0.3, -0.25) is 9.59 Å². The molecule has 1 saturated heterocycles. The van der Waals surface area contributed by atoms with Gasteiger partial charge in [-0.1, -0.05) is 44.2 Å². The fourth-order valence-corrected chi connectivity index (χ4v) is 8.83.